The third-order valence-corrected chi connectivity index (χ3v) is 5.20. The van der Waals surface area contributed by atoms with Crippen LogP contribution in [0, 0.1) is 0 Å². The van der Waals surface area contributed by atoms with Gasteiger partial charge in [0.2, 0.25) is 0 Å². The average Bonchev–Trinajstić information content (AvgIpc) is 2.58. The predicted molar refractivity (Wildman–Crippen MR) is 110 cm³/mol. The molecule has 0 fully saturated rings. The zero-order valence-corrected chi connectivity index (χ0v) is 17.3. The van der Waals surface area contributed by atoms with E-state index in [9.17, 15) is 8.42 Å². The first-order valence-corrected chi connectivity index (χ1v) is 11.3. The van der Waals surface area contributed by atoms with Crippen LogP contribution in [0.1, 0.15) is 32.3 Å². The van der Waals surface area contributed by atoms with Crippen LogP contribution in [0.4, 0.5) is 0 Å². The number of rotatable bonds is 11. The maximum absolute atomic E-state index is 11.2. The van der Waals surface area contributed by atoms with E-state index in [0.29, 0.717) is 19.0 Å². The maximum Gasteiger partial charge on any atom is 0.191 e. The van der Waals surface area contributed by atoms with Gasteiger partial charge in [-0.05, 0) is 39.3 Å². The van der Waals surface area contributed by atoms with Crippen LogP contribution >= 0.6 is 0 Å². The normalized spacial score (nSPS) is 13.7. The molecule has 0 aliphatic heterocycles. The van der Waals surface area contributed by atoms with E-state index in [1.54, 1.807) is 0 Å². The van der Waals surface area contributed by atoms with Gasteiger partial charge in [0.1, 0.15) is 9.84 Å². The SMILES string of the molecule is CCNC(=NCCCS(C)(=O)=O)NCCC(C)N(C)Cc1ccccc1. The van der Waals surface area contributed by atoms with Crippen molar-refractivity contribution in [2.45, 2.75) is 39.3 Å². The fraction of sp³-hybridized carbons (Fsp3) is 0.632. The number of nitrogens with one attached hydrogen (secondary N) is 2. The van der Waals surface area contributed by atoms with Gasteiger partial charge in [-0.2, -0.15) is 0 Å². The highest BCUT2D eigenvalue weighted by molar-refractivity contribution is 7.90. The zero-order valence-electron chi connectivity index (χ0n) is 16.5. The highest BCUT2D eigenvalue weighted by atomic mass is 32.2. The molecule has 0 aliphatic rings. The van der Waals surface area contributed by atoms with E-state index in [-0.39, 0.29) is 5.75 Å². The molecule has 0 saturated carbocycles. The number of sulfone groups is 1. The Labute approximate surface area is 159 Å². The van der Waals surface area contributed by atoms with E-state index in [4.69, 9.17) is 0 Å². The largest absolute Gasteiger partial charge is 0.357 e. The van der Waals surface area contributed by atoms with Crippen molar-refractivity contribution >= 4 is 15.8 Å². The number of guanidine groups is 1. The standard InChI is InChI=1S/C19H34N4O2S/c1-5-20-19(21-13-9-15-26(4,24)25)22-14-12-17(2)23(3)16-18-10-7-6-8-11-18/h6-8,10-11,17H,5,9,12-16H2,1-4H3,(H2,20,21,22). The Kier molecular flexibility index (Phi) is 10.3. The van der Waals surface area contributed by atoms with Crippen LogP contribution in [0.3, 0.4) is 0 Å². The van der Waals surface area contributed by atoms with Gasteiger partial charge in [0.15, 0.2) is 5.96 Å². The Balaban J connectivity index is 2.36. The van der Waals surface area contributed by atoms with Crippen molar-refractivity contribution in [1.82, 2.24) is 15.5 Å². The lowest BCUT2D eigenvalue weighted by atomic mass is 10.1. The summed E-state index contributed by atoms with van der Waals surface area (Å²) in [6.45, 7) is 7.28. The number of nitrogens with zero attached hydrogens (tertiary/aromatic N) is 2. The first-order chi connectivity index (χ1) is 12.3. The monoisotopic (exact) mass is 382 g/mol. The van der Waals surface area contributed by atoms with E-state index in [2.05, 4.69) is 58.8 Å². The zero-order chi connectivity index (χ0) is 19.4. The fourth-order valence-corrected chi connectivity index (χ4v) is 3.16. The Hall–Kier alpha value is -1.60. The summed E-state index contributed by atoms with van der Waals surface area (Å²) in [5.74, 6) is 0.927. The van der Waals surface area contributed by atoms with E-state index in [1.165, 1.54) is 11.8 Å². The Morgan fingerprint density at radius 1 is 1.23 bits per heavy atom. The fourth-order valence-electron chi connectivity index (χ4n) is 2.51. The molecular weight excluding hydrogens is 348 g/mol. The topological polar surface area (TPSA) is 73.8 Å². The molecule has 0 bridgehead atoms. The van der Waals surface area contributed by atoms with E-state index in [1.807, 2.05) is 13.0 Å². The molecule has 26 heavy (non-hydrogen) atoms. The van der Waals surface area contributed by atoms with Crippen molar-refractivity contribution in [3.05, 3.63) is 35.9 Å². The first-order valence-electron chi connectivity index (χ1n) is 9.26. The minimum atomic E-state index is -2.91. The lowest BCUT2D eigenvalue weighted by Gasteiger charge is -2.25. The van der Waals surface area contributed by atoms with Gasteiger partial charge in [-0.1, -0.05) is 30.3 Å². The second kappa shape index (κ2) is 11.9. The van der Waals surface area contributed by atoms with Gasteiger partial charge in [-0.15, -0.1) is 0 Å². The molecule has 0 heterocycles. The van der Waals surface area contributed by atoms with Crippen molar-refractivity contribution in [3.8, 4) is 0 Å². The number of benzene rings is 1. The molecule has 1 aromatic rings. The van der Waals surface area contributed by atoms with Crippen LogP contribution in [-0.2, 0) is 16.4 Å². The van der Waals surface area contributed by atoms with Crippen molar-refractivity contribution in [2.75, 3.05) is 38.7 Å². The molecule has 0 aliphatic carbocycles. The first kappa shape index (κ1) is 22.4. The minimum absolute atomic E-state index is 0.178. The summed E-state index contributed by atoms with van der Waals surface area (Å²) in [6.07, 6.45) is 2.80. The van der Waals surface area contributed by atoms with Crippen molar-refractivity contribution in [2.24, 2.45) is 4.99 Å². The van der Waals surface area contributed by atoms with Gasteiger partial charge < -0.3 is 10.6 Å². The second-order valence-corrected chi connectivity index (χ2v) is 8.97. The van der Waals surface area contributed by atoms with Crippen LogP contribution in [0.5, 0.6) is 0 Å². The van der Waals surface area contributed by atoms with Crippen LogP contribution in [-0.4, -0.2) is 64.0 Å². The molecule has 148 valence electrons. The van der Waals surface area contributed by atoms with Gasteiger partial charge >= 0.3 is 0 Å². The van der Waals surface area contributed by atoms with Gasteiger partial charge in [-0.25, -0.2) is 8.42 Å². The van der Waals surface area contributed by atoms with E-state index in [0.717, 1.165) is 32.0 Å². The molecule has 0 amide bonds. The highest BCUT2D eigenvalue weighted by Crippen LogP contribution is 2.07. The van der Waals surface area contributed by atoms with Gasteiger partial charge in [0.05, 0.1) is 5.75 Å². The van der Waals surface area contributed by atoms with Crippen LogP contribution in [0.2, 0.25) is 0 Å². The lowest BCUT2D eigenvalue weighted by molar-refractivity contribution is 0.238. The van der Waals surface area contributed by atoms with Crippen molar-refractivity contribution in [3.63, 3.8) is 0 Å². The quantitative estimate of drug-likeness (QED) is 0.347. The molecule has 0 spiro atoms. The van der Waals surface area contributed by atoms with Crippen LogP contribution < -0.4 is 10.6 Å². The summed E-state index contributed by atoms with van der Waals surface area (Å²) in [5, 5.41) is 6.53. The number of hydrogen-bond donors (Lipinski definition) is 2. The third-order valence-electron chi connectivity index (χ3n) is 4.17. The molecule has 2 N–H and O–H groups in total. The van der Waals surface area contributed by atoms with Gasteiger partial charge in [0, 0.05) is 38.5 Å². The molecule has 0 aromatic heterocycles. The summed E-state index contributed by atoms with van der Waals surface area (Å²) in [5.41, 5.74) is 1.32. The van der Waals surface area contributed by atoms with E-state index < -0.39 is 9.84 Å². The second-order valence-electron chi connectivity index (χ2n) is 6.71. The van der Waals surface area contributed by atoms with E-state index >= 15 is 0 Å². The number of aliphatic imine (C=N–C) groups is 1. The van der Waals surface area contributed by atoms with Crippen LogP contribution in [0.25, 0.3) is 0 Å². The Morgan fingerprint density at radius 2 is 1.92 bits per heavy atom. The maximum atomic E-state index is 11.2. The molecule has 0 saturated heterocycles. The third kappa shape index (κ3) is 10.4. The Bertz CT molecular complexity index is 632. The minimum Gasteiger partial charge on any atom is -0.357 e. The molecule has 1 aromatic carbocycles. The molecule has 1 atom stereocenters. The van der Waals surface area contributed by atoms with Crippen LogP contribution in [0.15, 0.2) is 35.3 Å². The summed E-state index contributed by atoms with van der Waals surface area (Å²) in [4.78, 5) is 6.78. The molecular formula is C19H34N4O2S. The molecule has 0 radical (unpaired) electrons. The number of hydrogen-bond acceptors (Lipinski definition) is 4. The van der Waals surface area contributed by atoms with Gasteiger partial charge in [0.25, 0.3) is 0 Å². The lowest BCUT2D eigenvalue weighted by Crippen LogP contribution is -2.40. The molecule has 1 unspecified atom stereocenters. The average molecular weight is 383 g/mol. The smallest absolute Gasteiger partial charge is 0.191 e. The summed E-state index contributed by atoms with van der Waals surface area (Å²) < 4.78 is 22.3. The summed E-state index contributed by atoms with van der Waals surface area (Å²) in [7, 11) is -0.773. The molecule has 7 heteroatoms. The van der Waals surface area contributed by atoms with Crippen molar-refractivity contribution in [1.29, 1.82) is 0 Å². The highest BCUT2D eigenvalue weighted by Gasteiger charge is 2.10. The summed E-state index contributed by atoms with van der Waals surface area (Å²) in [6, 6.07) is 10.9. The van der Waals surface area contributed by atoms with Crippen molar-refractivity contribution < 1.29 is 8.42 Å². The summed E-state index contributed by atoms with van der Waals surface area (Å²) >= 11 is 0. The molecule has 1 rings (SSSR count). The predicted octanol–water partition coefficient (Wildman–Crippen LogP) is 1.89. The van der Waals surface area contributed by atoms with Gasteiger partial charge in [-0.3, -0.25) is 9.89 Å². The molecule has 6 nitrogen and oxygen atoms in total. The Morgan fingerprint density at radius 3 is 2.54 bits per heavy atom.